The minimum atomic E-state index is -0.441. The Hall–Kier alpha value is -4.47. The van der Waals surface area contributed by atoms with Crippen LogP contribution in [0.1, 0.15) is 28.4 Å². The molecule has 0 saturated heterocycles. The van der Waals surface area contributed by atoms with Crippen molar-refractivity contribution >= 4 is 46.1 Å². The van der Waals surface area contributed by atoms with Gasteiger partial charge in [0.15, 0.2) is 0 Å². The van der Waals surface area contributed by atoms with Crippen molar-refractivity contribution in [2.75, 3.05) is 63.0 Å². The predicted octanol–water partition coefficient (Wildman–Crippen LogP) is 4.34. The summed E-state index contributed by atoms with van der Waals surface area (Å²) in [4.78, 5) is 41.7. The molecule has 40 heavy (non-hydrogen) atoms. The van der Waals surface area contributed by atoms with Gasteiger partial charge >= 0.3 is 5.97 Å². The lowest BCUT2D eigenvalue weighted by atomic mass is 9.99. The average molecular weight is 543 g/mol. The Morgan fingerprint density at radius 2 is 1.68 bits per heavy atom. The minimum absolute atomic E-state index is 0.0344. The fourth-order valence-electron chi connectivity index (χ4n) is 4.37. The Balaban J connectivity index is 1.62. The van der Waals surface area contributed by atoms with Crippen molar-refractivity contribution in [1.82, 2.24) is 4.90 Å². The highest BCUT2D eigenvalue weighted by molar-refractivity contribution is 6.37. The number of nitrogens with zero attached hydrogens (tertiary/aromatic N) is 2. The maximum atomic E-state index is 13.2. The Labute approximate surface area is 234 Å². The van der Waals surface area contributed by atoms with Crippen LogP contribution in [-0.4, -0.2) is 70.2 Å². The van der Waals surface area contributed by atoms with Crippen molar-refractivity contribution in [3.8, 4) is 0 Å². The zero-order chi connectivity index (χ0) is 28.6. The standard InChI is InChI=1S/C31H34N4O5/c1-5-40-31(38)22-11-16-25-26(19-22)33-30(37)28(25)29(21-9-7-6-8-10-21)32-23-12-14-24(15-13-23)35(3)27(36)20-34(2)17-18-39-4/h6-16,19,32H,5,17-18,20H2,1-4H3,(H,33,37). The second-order valence-electron chi connectivity index (χ2n) is 9.41. The van der Waals surface area contributed by atoms with E-state index in [1.165, 1.54) is 0 Å². The van der Waals surface area contributed by atoms with E-state index in [4.69, 9.17) is 9.47 Å². The van der Waals surface area contributed by atoms with E-state index in [1.807, 2.05) is 66.5 Å². The van der Waals surface area contributed by atoms with Gasteiger partial charge in [-0.2, -0.15) is 0 Å². The molecule has 3 aromatic carbocycles. The summed E-state index contributed by atoms with van der Waals surface area (Å²) < 4.78 is 10.2. The number of benzene rings is 3. The Bertz CT molecular complexity index is 1400. The average Bonchev–Trinajstić information content (AvgIpc) is 3.29. The fraction of sp³-hybridized carbons (Fsp3) is 0.258. The third-order valence-electron chi connectivity index (χ3n) is 6.57. The van der Waals surface area contributed by atoms with Crippen molar-refractivity contribution in [2.45, 2.75) is 6.92 Å². The second-order valence-corrected chi connectivity index (χ2v) is 9.41. The largest absolute Gasteiger partial charge is 0.462 e. The van der Waals surface area contributed by atoms with Crippen molar-refractivity contribution in [3.05, 3.63) is 89.5 Å². The van der Waals surface area contributed by atoms with Gasteiger partial charge in [-0.3, -0.25) is 14.5 Å². The van der Waals surface area contributed by atoms with Crippen LogP contribution >= 0.6 is 0 Å². The number of amides is 2. The van der Waals surface area contributed by atoms with Crippen molar-refractivity contribution in [3.63, 3.8) is 0 Å². The van der Waals surface area contributed by atoms with Crippen LogP contribution in [-0.2, 0) is 19.1 Å². The summed E-state index contributed by atoms with van der Waals surface area (Å²) in [6.45, 7) is 3.51. The summed E-state index contributed by atoms with van der Waals surface area (Å²) in [7, 11) is 5.26. The van der Waals surface area contributed by atoms with E-state index in [1.54, 1.807) is 44.2 Å². The molecular formula is C31H34N4O5. The highest BCUT2D eigenvalue weighted by atomic mass is 16.5. The predicted molar refractivity (Wildman–Crippen MR) is 157 cm³/mol. The summed E-state index contributed by atoms with van der Waals surface area (Å²) in [5, 5.41) is 6.30. The van der Waals surface area contributed by atoms with Gasteiger partial charge in [-0.15, -0.1) is 0 Å². The Kier molecular flexibility index (Phi) is 9.31. The first-order valence-electron chi connectivity index (χ1n) is 13.1. The smallest absolute Gasteiger partial charge is 0.338 e. The van der Waals surface area contributed by atoms with Gasteiger partial charge in [-0.05, 0) is 55.9 Å². The molecule has 0 saturated carbocycles. The number of esters is 1. The molecule has 9 heteroatoms. The normalized spacial score (nSPS) is 13.5. The summed E-state index contributed by atoms with van der Waals surface area (Å²) in [5.41, 5.74) is 5.01. The molecule has 0 unspecified atom stereocenters. The van der Waals surface area contributed by atoms with Crippen LogP contribution < -0.4 is 15.5 Å². The van der Waals surface area contributed by atoms with Crippen LogP contribution in [0.25, 0.3) is 11.3 Å². The van der Waals surface area contributed by atoms with E-state index in [2.05, 4.69) is 10.6 Å². The van der Waals surface area contributed by atoms with Crippen LogP contribution in [0.3, 0.4) is 0 Å². The molecule has 3 aromatic rings. The monoisotopic (exact) mass is 542 g/mol. The summed E-state index contributed by atoms with van der Waals surface area (Å²) in [6.07, 6.45) is 0. The summed E-state index contributed by atoms with van der Waals surface area (Å²) in [5.74, 6) is -0.752. The van der Waals surface area contributed by atoms with Crippen molar-refractivity contribution in [2.24, 2.45) is 0 Å². The van der Waals surface area contributed by atoms with Gasteiger partial charge in [0, 0.05) is 37.6 Å². The number of likely N-dealkylation sites (N-methyl/N-ethyl adjacent to an activating group) is 2. The van der Waals surface area contributed by atoms with Gasteiger partial charge in [0.2, 0.25) is 5.91 Å². The molecule has 0 aromatic heterocycles. The van der Waals surface area contributed by atoms with E-state index in [0.717, 1.165) is 16.9 Å². The van der Waals surface area contributed by atoms with Crippen molar-refractivity contribution < 1.29 is 23.9 Å². The number of fused-ring (bicyclic) bond motifs is 1. The molecule has 0 fully saturated rings. The zero-order valence-electron chi connectivity index (χ0n) is 23.2. The zero-order valence-corrected chi connectivity index (χ0v) is 23.2. The van der Waals surface area contributed by atoms with Crippen LogP contribution in [0.4, 0.5) is 17.1 Å². The molecule has 2 amide bonds. The van der Waals surface area contributed by atoms with Crippen LogP contribution in [0.5, 0.6) is 0 Å². The van der Waals surface area contributed by atoms with Gasteiger partial charge in [0.25, 0.3) is 5.91 Å². The maximum Gasteiger partial charge on any atom is 0.338 e. The summed E-state index contributed by atoms with van der Waals surface area (Å²) >= 11 is 0. The number of methoxy groups -OCH3 is 1. The molecule has 9 nitrogen and oxygen atoms in total. The van der Waals surface area contributed by atoms with Gasteiger partial charge in [-0.25, -0.2) is 4.79 Å². The number of ether oxygens (including phenoxy) is 2. The number of anilines is 3. The number of nitrogens with one attached hydrogen (secondary N) is 2. The number of hydrogen-bond donors (Lipinski definition) is 2. The third kappa shape index (κ3) is 6.56. The van der Waals surface area contributed by atoms with E-state index in [-0.39, 0.29) is 25.0 Å². The molecule has 208 valence electrons. The molecule has 1 aliphatic heterocycles. The van der Waals surface area contributed by atoms with E-state index >= 15 is 0 Å². The summed E-state index contributed by atoms with van der Waals surface area (Å²) in [6, 6.07) is 22.1. The highest BCUT2D eigenvalue weighted by Gasteiger charge is 2.29. The molecule has 0 spiro atoms. The van der Waals surface area contributed by atoms with Gasteiger partial charge < -0.3 is 25.0 Å². The first-order valence-corrected chi connectivity index (χ1v) is 13.1. The van der Waals surface area contributed by atoms with E-state index in [0.29, 0.717) is 41.2 Å². The molecule has 0 radical (unpaired) electrons. The quantitative estimate of drug-likeness (QED) is 0.275. The Morgan fingerprint density at radius 1 is 0.950 bits per heavy atom. The number of carbonyl (C=O) groups is 3. The third-order valence-corrected chi connectivity index (χ3v) is 6.57. The number of rotatable bonds is 11. The van der Waals surface area contributed by atoms with E-state index in [9.17, 15) is 14.4 Å². The van der Waals surface area contributed by atoms with Crippen LogP contribution in [0.2, 0.25) is 0 Å². The number of hydrogen-bond acceptors (Lipinski definition) is 7. The minimum Gasteiger partial charge on any atom is -0.462 e. The Morgan fingerprint density at radius 3 is 2.35 bits per heavy atom. The SMILES string of the molecule is CCOC(=O)c1ccc2c(c1)NC(=O)C2=C(Nc1ccc(N(C)C(=O)CN(C)CCOC)cc1)c1ccccc1. The van der Waals surface area contributed by atoms with E-state index < -0.39 is 5.97 Å². The molecule has 0 bridgehead atoms. The maximum absolute atomic E-state index is 13.2. The fourth-order valence-corrected chi connectivity index (χ4v) is 4.37. The molecule has 1 aliphatic rings. The van der Waals surface area contributed by atoms with Gasteiger partial charge in [-0.1, -0.05) is 36.4 Å². The molecule has 1 heterocycles. The lowest BCUT2D eigenvalue weighted by Gasteiger charge is -2.22. The highest BCUT2D eigenvalue weighted by Crippen LogP contribution is 2.38. The topological polar surface area (TPSA) is 100 Å². The van der Waals surface area contributed by atoms with Gasteiger partial charge in [0.05, 0.1) is 42.3 Å². The molecule has 2 N–H and O–H groups in total. The lowest BCUT2D eigenvalue weighted by Crippen LogP contribution is -2.37. The van der Waals surface area contributed by atoms with Gasteiger partial charge in [0.1, 0.15) is 0 Å². The lowest BCUT2D eigenvalue weighted by molar-refractivity contribution is -0.119. The van der Waals surface area contributed by atoms with Crippen LogP contribution in [0.15, 0.2) is 72.8 Å². The molecule has 4 rings (SSSR count). The first kappa shape index (κ1) is 28.5. The molecule has 0 atom stereocenters. The molecular weight excluding hydrogens is 508 g/mol. The van der Waals surface area contributed by atoms with Crippen LogP contribution in [0, 0.1) is 0 Å². The first-order chi connectivity index (χ1) is 19.3. The number of carbonyl (C=O) groups excluding carboxylic acids is 3. The van der Waals surface area contributed by atoms with Crippen molar-refractivity contribution in [1.29, 1.82) is 0 Å². The second kappa shape index (κ2) is 13.1. The molecule has 0 aliphatic carbocycles.